The van der Waals surface area contributed by atoms with E-state index in [-0.39, 0.29) is 11.7 Å². The van der Waals surface area contributed by atoms with Crippen molar-refractivity contribution in [3.63, 3.8) is 0 Å². The lowest BCUT2D eigenvalue weighted by atomic mass is 10.1. The molecule has 0 atom stereocenters. The van der Waals surface area contributed by atoms with Crippen LogP contribution in [0.4, 0.5) is 4.39 Å². The van der Waals surface area contributed by atoms with Crippen LogP contribution >= 0.6 is 0 Å². The van der Waals surface area contributed by atoms with E-state index in [1.54, 1.807) is 25.3 Å². The van der Waals surface area contributed by atoms with Gasteiger partial charge in [0.25, 0.3) is 5.91 Å². The van der Waals surface area contributed by atoms with Gasteiger partial charge in [-0.25, -0.2) is 4.39 Å². The maximum absolute atomic E-state index is 13.0. The fourth-order valence-electron chi connectivity index (χ4n) is 2.99. The second-order valence-corrected chi connectivity index (χ2v) is 6.15. The number of rotatable bonds is 5. The molecule has 1 fully saturated rings. The summed E-state index contributed by atoms with van der Waals surface area (Å²) in [7, 11) is 1.70. The Labute approximate surface area is 146 Å². The number of methoxy groups -OCH3 is 1. The first-order valence-electron chi connectivity index (χ1n) is 8.49. The van der Waals surface area contributed by atoms with Crippen LogP contribution in [0.1, 0.15) is 16.9 Å². The standard InChI is InChI=1S/C18H23FN4O2/c1-25-12-11-22-7-2-8-23(10-9-22)18(24)17-13-16(20-21-17)14-3-5-15(19)6-4-14/h3-6,13H,2,7-12H2,1H3,(H,20,21). The van der Waals surface area contributed by atoms with Gasteiger partial charge in [-0.05, 0) is 43.3 Å². The summed E-state index contributed by atoms with van der Waals surface area (Å²) < 4.78 is 18.1. The molecule has 1 N–H and O–H groups in total. The lowest BCUT2D eigenvalue weighted by molar-refractivity contribution is 0.0753. The number of nitrogens with one attached hydrogen (secondary N) is 1. The van der Waals surface area contributed by atoms with Crippen LogP contribution in [0, 0.1) is 5.82 Å². The number of carbonyl (C=O) groups excluding carboxylic acids is 1. The SMILES string of the molecule is COCCN1CCCN(C(=O)c2cc(-c3ccc(F)cc3)n[nH]2)CC1. The third-order valence-corrected chi connectivity index (χ3v) is 4.44. The quantitative estimate of drug-likeness (QED) is 0.900. The molecule has 1 aromatic heterocycles. The molecule has 0 saturated carbocycles. The van der Waals surface area contributed by atoms with Gasteiger partial charge >= 0.3 is 0 Å². The molecule has 1 saturated heterocycles. The molecule has 1 aliphatic heterocycles. The van der Waals surface area contributed by atoms with Gasteiger partial charge in [-0.1, -0.05) is 0 Å². The number of aromatic nitrogens is 2. The highest BCUT2D eigenvalue weighted by molar-refractivity contribution is 5.93. The molecular formula is C18H23FN4O2. The smallest absolute Gasteiger partial charge is 0.271 e. The maximum atomic E-state index is 13.0. The van der Waals surface area contributed by atoms with Gasteiger partial charge in [-0.2, -0.15) is 5.10 Å². The number of halogens is 1. The van der Waals surface area contributed by atoms with Crippen LogP contribution in [0.5, 0.6) is 0 Å². The lowest BCUT2D eigenvalue weighted by Crippen LogP contribution is -2.36. The number of H-pyrrole nitrogens is 1. The van der Waals surface area contributed by atoms with Crippen LogP contribution < -0.4 is 0 Å². The van der Waals surface area contributed by atoms with Crippen LogP contribution in [-0.2, 0) is 4.74 Å². The van der Waals surface area contributed by atoms with Gasteiger partial charge in [0.2, 0.25) is 0 Å². The molecule has 134 valence electrons. The summed E-state index contributed by atoms with van der Waals surface area (Å²) in [5, 5.41) is 7.00. The first-order chi connectivity index (χ1) is 12.2. The molecular weight excluding hydrogens is 323 g/mol. The van der Waals surface area contributed by atoms with Crippen molar-refractivity contribution in [2.45, 2.75) is 6.42 Å². The molecule has 6 nitrogen and oxygen atoms in total. The van der Waals surface area contributed by atoms with Crippen LogP contribution in [0.15, 0.2) is 30.3 Å². The van der Waals surface area contributed by atoms with Gasteiger partial charge in [0.1, 0.15) is 11.5 Å². The van der Waals surface area contributed by atoms with Crippen LogP contribution in [0.25, 0.3) is 11.3 Å². The van der Waals surface area contributed by atoms with Crippen molar-refractivity contribution < 1.29 is 13.9 Å². The molecule has 0 radical (unpaired) electrons. The molecule has 7 heteroatoms. The van der Waals surface area contributed by atoms with E-state index in [2.05, 4.69) is 15.1 Å². The number of ether oxygens (including phenoxy) is 1. The summed E-state index contributed by atoms with van der Waals surface area (Å²) in [6, 6.07) is 7.80. The predicted octanol–water partition coefficient (Wildman–Crippen LogP) is 2.01. The van der Waals surface area contributed by atoms with Gasteiger partial charge < -0.3 is 9.64 Å². The highest BCUT2D eigenvalue weighted by Gasteiger charge is 2.22. The Morgan fingerprint density at radius 1 is 1.24 bits per heavy atom. The molecule has 0 unspecified atom stereocenters. The predicted molar refractivity (Wildman–Crippen MR) is 92.8 cm³/mol. The van der Waals surface area contributed by atoms with E-state index < -0.39 is 0 Å². The van der Waals surface area contributed by atoms with Gasteiger partial charge in [0.05, 0.1) is 12.3 Å². The van der Waals surface area contributed by atoms with Crippen molar-refractivity contribution in [1.29, 1.82) is 0 Å². The fraction of sp³-hybridized carbons (Fsp3) is 0.444. The Morgan fingerprint density at radius 2 is 2.04 bits per heavy atom. The third-order valence-electron chi connectivity index (χ3n) is 4.44. The van der Waals surface area contributed by atoms with Crippen molar-refractivity contribution in [3.8, 4) is 11.3 Å². The van der Waals surface area contributed by atoms with Crippen LogP contribution in [-0.4, -0.2) is 72.3 Å². The van der Waals surface area contributed by atoms with Crippen molar-refractivity contribution in [2.75, 3.05) is 46.4 Å². The largest absolute Gasteiger partial charge is 0.383 e. The monoisotopic (exact) mass is 346 g/mol. The zero-order valence-electron chi connectivity index (χ0n) is 14.4. The van der Waals surface area contributed by atoms with Crippen molar-refractivity contribution in [1.82, 2.24) is 20.0 Å². The zero-order valence-corrected chi connectivity index (χ0v) is 14.4. The number of benzene rings is 1. The average Bonchev–Trinajstić information content (AvgIpc) is 2.99. The highest BCUT2D eigenvalue weighted by Crippen LogP contribution is 2.19. The fourth-order valence-corrected chi connectivity index (χ4v) is 2.99. The van der Waals surface area contributed by atoms with E-state index in [0.717, 1.165) is 38.2 Å². The first kappa shape index (κ1) is 17.6. The number of hydrogen-bond acceptors (Lipinski definition) is 4. The van der Waals surface area contributed by atoms with E-state index >= 15 is 0 Å². The number of aromatic amines is 1. The number of nitrogens with zero attached hydrogens (tertiary/aromatic N) is 3. The van der Waals surface area contributed by atoms with Crippen molar-refractivity contribution >= 4 is 5.91 Å². The molecule has 2 aromatic rings. The molecule has 25 heavy (non-hydrogen) atoms. The Balaban J connectivity index is 1.64. The topological polar surface area (TPSA) is 61.5 Å². The van der Waals surface area contributed by atoms with Crippen LogP contribution in [0.3, 0.4) is 0 Å². The third kappa shape index (κ3) is 4.43. The van der Waals surface area contributed by atoms with Crippen molar-refractivity contribution in [2.24, 2.45) is 0 Å². The summed E-state index contributed by atoms with van der Waals surface area (Å²) in [4.78, 5) is 16.9. The second-order valence-electron chi connectivity index (χ2n) is 6.15. The molecule has 0 spiro atoms. The molecule has 3 rings (SSSR count). The maximum Gasteiger partial charge on any atom is 0.271 e. The summed E-state index contributed by atoms with van der Waals surface area (Å²) in [6.45, 7) is 4.82. The molecule has 2 heterocycles. The van der Waals surface area contributed by atoms with Gasteiger partial charge in [-0.3, -0.25) is 14.8 Å². The Morgan fingerprint density at radius 3 is 2.80 bits per heavy atom. The molecule has 0 aliphatic carbocycles. The minimum atomic E-state index is -0.293. The van der Waals surface area contributed by atoms with Crippen LogP contribution in [0.2, 0.25) is 0 Å². The number of amides is 1. The number of carbonyl (C=O) groups is 1. The minimum absolute atomic E-state index is 0.0468. The average molecular weight is 346 g/mol. The van der Waals surface area contributed by atoms with Gasteiger partial charge in [0.15, 0.2) is 0 Å². The van der Waals surface area contributed by atoms with Gasteiger partial charge in [-0.15, -0.1) is 0 Å². The molecule has 0 bridgehead atoms. The highest BCUT2D eigenvalue weighted by atomic mass is 19.1. The van der Waals surface area contributed by atoms with E-state index in [1.165, 1.54) is 12.1 Å². The van der Waals surface area contributed by atoms with Crippen molar-refractivity contribution in [3.05, 3.63) is 41.8 Å². The molecule has 1 aromatic carbocycles. The zero-order chi connectivity index (χ0) is 17.6. The minimum Gasteiger partial charge on any atom is -0.383 e. The van der Waals surface area contributed by atoms with E-state index in [0.29, 0.717) is 24.5 Å². The van der Waals surface area contributed by atoms with E-state index in [9.17, 15) is 9.18 Å². The van der Waals surface area contributed by atoms with Gasteiger partial charge in [0, 0.05) is 38.9 Å². The molecule has 1 aliphatic rings. The lowest BCUT2D eigenvalue weighted by Gasteiger charge is -2.21. The van der Waals surface area contributed by atoms with E-state index in [4.69, 9.17) is 4.74 Å². The Kier molecular flexibility index (Phi) is 5.78. The summed E-state index contributed by atoms with van der Waals surface area (Å²) >= 11 is 0. The first-order valence-corrected chi connectivity index (χ1v) is 8.49. The normalized spacial score (nSPS) is 16.0. The number of hydrogen-bond donors (Lipinski definition) is 1. The summed E-state index contributed by atoms with van der Waals surface area (Å²) in [5.74, 6) is -0.340. The van der Waals surface area contributed by atoms with E-state index in [1.807, 2.05) is 4.90 Å². The Bertz CT molecular complexity index is 701. The summed E-state index contributed by atoms with van der Waals surface area (Å²) in [6.07, 6.45) is 0.939. The molecule has 1 amide bonds. The summed E-state index contributed by atoms with van der Waals surface area (Å²) in [5.41, 5.74) is 1.88. The second kappa shape index (κ2) is 8.22. The Hall–Kier alpha value is -2.25.